The fourth-order valence-electron chi connectivity index (χ4n) is 3.88. The van der Waals surface area contributed by atoms with Gasteiger partial charge in [-0.1, -0.05) is 24.3 Å². The van der Waals surface area contributed by atoms with E-state index >= 15 is 0 Å². The van der Waals surface area contributed by atoms with Crippen LogP contribution in [-0.2, 0) is 6.42 Å². The van der Waals surface area contributed by atoms with Crippen LogP contribution in [0, 0.1) is 0 Å². The molecule has 4 rings (SSSR count). The van der Waals surface area contributed by atoms with E-state index in [0.29, 0.717) is 17.4 Å². The lowest BCUT2D eigenvalue weighted by atomic mass is 10.0. The second kappa shape index (κ2) is 11.0. The van der Waals surface area contributed by atoms with E-state index < -0.39 is 0 Å². The highest BCUT2D eigenvalue weighted by Crippen LogP contribution is 2.12. The van der Waals surface area contributed by atoms with Gasteiger partial charge in [0.25, 0.3) is 5.56 Å². The molecule has 1 fully saturated rings. The van der Waals surface area contributed by atoms with E-state index in [-0.39, 0.29) is 23.4 Å². The molecule has 162 valence electrons. The number of benzene rings is 2. The molecule has 7 nitrogen and oxygen atoms in total. The first-order valence-electron chi connectivity index (χ1n) is 9.93. The van der Waals surface area contributed by atoms with Crippen molar-refractivity contribution in [1.29, 1.82) is 0 Å². The van der Waals surface area contributed by atoms with Crippen LogP contribution in [-0.4, -0.2) is 48.2 Å². The number of piperidine rings is 1. The number of rotatable bonds is 6. The Balaban J connectivity index is 0.00000160. The monoisotopic (exact) mass is 432 g/mol. The summed E-state index contributed by atoms with van der Waals surface area (Å²) in [5, 5.41) is 4.06. The number of hydrogen-bond acceptors (Lipinski definition) is 4. The number of hydrogen-bond donors (Lipinski definition) is 3. The topological polar surface area (TPSA) is 103 Å². The Labute approximate surface area is 182 Å². The van der Waals surface area contributed by atoms with Crippen LogP contribution in [0.2, 0.25) is 0 Å². The predicted molar refractivity (Wildman–Crippen MR) is 115 cm³/mol. The third kappa shape index (κ3) is 5.72. The van der Waals surface area contributed by atoms with Crippen LogP contribution in [0.15, 0.2) is 53.3 Å². The van der Waals surface area contributed by atoms with E-state index in [1.165, 1.54) is 5.56 Å². The molecule has 1 aliphatic heterocycles. The van der Waals surface area contributed by atoms with Gasteiger partial charge in [-0.25, -0.2) is 4.98 Å². The number of methoxy groups -OCH3 is 1. The standard InChI is InChI=1S/C22H26N4O2.ClH.H2O/c1-28-18-8-6-16(7-9-18)10-13-26-14-11-17(12-15-26)23-22-24-20-5-3-2-4-19(20)21(27)25-22;;/h2-9,17H,10-15H2,1H3,(H2,23,24,25,27);1H;1H2. The molecule has 0 unspecified atom stereocenters. The minimum atomic E-state index is -0.0874. The smallest absolute Gasteiger partial charge is 0.260 e. The number of H-pyrrole nitrogens is 1. The van der Waals surface area contributed by atoms with Gasteiger partial charge in [0.2, 0.25) is 5.95 Å². The largest absolute Gasteiger partial charge is 1.00 e. The Bertz CT molecular complexity index is 986. The number of para-hydroxylation sites is 1. The summed E-state index contributed by atoms with van der Waals surface area (Å²) in [7, 11) is 1.69. The maximum atomic E-state index is 12.2. The highest BCUT2D eigenvalue weighted by Gasteiger charge is 2.22. The van der Waals surface area contributed by atoms with E-state index in [2.05, 4.69) is 27.4 Å². The molecular formula is C22H29ClN4O3. The quantitative estimate of drug-likeness (QED) is 0.412. The van der Waals surface area contributed by atoms with Crippen LogP contribution >= 0.6 is 0 Å². The van der Waals surface area contributed by atoms with Crippen LogP contribution in [0.1, 0.15) is 18.4 Å². The fraction of sp³-hybridized carbons (Fsp3) is 0.364. The van der Waals surface area contributed by atoms with E-state index in [1.54, 1.807) is 18.1 Å². The van der Waals surface area contributed by atoms with E-state index in [1.807, 2.05) is 30.3 Å². The molecule has 0 spiro atoms. The van der Waals surface area contributed by atoms with E-state index in [9.17, 15) is 4.79 Å². The molecule has 2 heterocycles. The highest BCUT2D eigenvalue weighted by molar-refractivity contribution is 5.78. The first kappa shape index (κ1) is 23.7. The Morgan fingerprint density at radius 2 is 1.83 bits per heavy atom. The van der Waals surface area contributed by atoms with Gasteiger partial charge in [0.15, 0.2) is 0 Å². The van der Waals surface area contributed by atoms with Gasteiger partial charge in [-0.05, 0) is 29.8 Å². The molecule has 1 aliphatic rings. The lowest BCUT2D eigenvalue weighted by Crippen LogP contribution is -3.13. The molecule has 3 aromatic rings. The number of quaternary nitrogens is 1. The van der Waals surface area contributed by atoms with Gasteiger partial charge >= 0.3 is 0 Å². The van der Waals surface area contributed by atoms with Crippen molar-refractivity contribution in [1.82, 2.24) is 9.97 Å². The van der Waals surface area contributed by atoms with Crippen LogP contribution in [0.3, 0.4) is 0 Å². The van der Waals surface area contributed by atoms with Gasteiger partial charge in [-0.15, -0.1) is 0 Å². The summed E-state index contributed by atoms with van der Waals surface area (Å²) in [6, 6.07) is 16.1. The van der Waals surface area contributed by atoms with Crippen molar-refractivity contribution < 1.29 is 27.5 Å². The van der Waals surface area contributed by atoms with Gasteiger partial charge in [0, 0.05) is 25.3 Å². The number of ether oxygens (including phenoxy) is 1. The van der Waals surface area contributed by atoms with Crippen molar-refractivity contribution in [3.8, 4) is 5.75 Å². The van der Waals surface area contributed by atoms with Gasteiger partial charge < -0.3 is 32.8 Å². The molecule has 2 aromatic carbocycles. The van der Waals surface area contributed by atoms with Crippen LogP contribution in [0.5, 0.6) is 5.75 Å². The summed E-state index contributed by atoms with van der Waals surface area (Å²) in [6.45, 7) is 3.40. The summed E-state index contributed by atoms with van der Waals surface area (Å²) in [6.07, 6.45) is 3.24. The number of aromatic nitrogens is 2. The molecule has 0 bridgehead atoms. The lowest BCUT2D eigenvalue weighted by molar-refractivity contribution is -0.904. The molecule has 30 heavy (non-hydrogen) atoms. The Morgan fingerprint density at radius 3 is 2.53 bits per heavy atom. The van der Waals surface area contributed by atoms with Crippen molar-refractivity contribution in [3.05, 3.63) is 64.4 Å². The number of nitrogens with one attached hydrogen (secondary N) is 3. The summed E-state index contributed by atoms with van der Waals surface area (Å²) >= 11 is 0. The molecule has 0 saturated carbocycles. The van der Waals surface area contributed by atoms with Crippen molar-refractivity contribution >= 4 is 16.9 Å². The van der Waals surface area contributed by atoms with Crippen molar-refractivity contribution in [2.75, 3.05) is 32.1 Å². The van der Waals surface area contributed by atoms with Crippen LogP contribution in [0.25, 0.3) is 10.9 Å². The first-order chi connectivity index (χ1) is 13.7. The molecular weight excluding hydrogens is 404 g/mol. The number of aromatic amines is 1. The van der Waals surface area contributed by atoms with E-state index in [0.717, 1.165) is 50.2 Å². The van der Waals surface area contributed by atoms with Gasteiger partial charge in [-0.3, -0.25) is 9.78 Å². The lowest BCUT2D eigenvalue weighted by Gasteiger charge is -2.30. The Morgan fingerprint density at radius 1 is 1.13 bits per heavy atom. The fourth-order valence-corrected chi connectivity index (χ4v) is 3.88. The Hall–Kier alpha value is -2.61. The number of likely N-dealkylation sites (tertiary alicyclic amines) is 1. The van der Waals surface area contributed by atoms with Crippen molar-refractivity contribution in [2.24, 2.45) is 0 Å². The van der Waals surface area contributed by atoms with Crippen LogP contribution < -0.4 is 32.9 Å². The third-order valence-corrected chi connectivity index (χ3v) is 5.57. The van der Waals surface area contributed by atoms with Crippen molar-refractivity contribution in [3.63, 3.8) is 0 Å². The molecule has 0 amide bonds. The average Bonchev–Trinajstić information content (AvgIpc) is 2.74. The minimum Gasteiger partial charge on any atom is -1.00 e. The molecule has 8 heteroatoms. The molecule has 5 N–H and O–H groups in total. The minimum absolute atomic E-state index is 0. The van der Waals surface area contributed by atoms with E-state index in [4.69, 9.17) is 4.74 Å². The normalized spacial score (nSPS) is 18.2. The zero-order valence-corrected chi connectivity index (χ0v) is 17.8. The van der Waals surface area contributed by atoms with Gasteiger partial charge in [0.1, 0.15) is 5.75 Å². The maximum Gasteiger partial charge on any atom is 0.260 e. The zero-order chi connectivity index (χ0) is 19.3. The highest BCUT2D eigenvalue weighted by atomic mass is 35.5. The SMILES string of the molecule is COc1ccc(CC[NH+]2CCC(Nc3nc4ccccc4c(=O)[nH]3)CC2)cc1.O.[Cl-]. The average molecular weight is 433 g/mol. The summed E-state index contributed by atoms with van der Waals surface area (Å²) in [5.74, 6) is 1.48. The van der Waals surface area contributed by atoms with Crippen molar-refractivity contribution in [2.45, 2.75) is 25.3 Å². The number of fused-ring (bicyclic) bond motifs is 1. The predicted octanol–water partition coefficient (Wildman–Crippen LogP) is -2.19. The molecule has 0 radical (unpaired) electrons. The number of halogens is 1. The van der Waals surface area contributed by atoms with Crippen LogP contribution in [0.4, 0.5) is 5.95 Å². The molecule has 1 aromatic heterocycles. The second-order valence-corrected chi connectivity index (χ2v) is 7.45. The molecule has 0 atom stereocenters. The summed E-state index contributed by atoms with van der Waals surface area (Å²) in [5.41, 5.74) is 2.00. The van der Waals surface area contributed by atoms with Gasteiger partial charge in [-0.2, -0.15) is 0 Å². The zero-order valence-electron chi connectivity index (χ0n) is 17.1. The summed E-state index contributed by atoms with van der Waals surface area (Å²) < 4.78 is 5.22. The third-order valence-electron chi connectivity index (χ3n) is 5.57. The number of nitrogens with zero attached hydrogens (tertiary/aromatic N) is 1. The first-order valence-corrected chi connectivity index (χ1v) is 9.93. The molecule has 1 saturated heterocycles. The summed E-state index contributed by atoms with van der Waals surface area (Å²) in [4.78, 5) is 21.3. The Kier molecular flexibility index (Phi) is 8.65. The van der Waals surface area contributed by atoms with Gasteiger partial charge in [0.05, 0.1) is 37.6 Å². The maximum absolute atomic E-state index is 12.2. The number of anilines is 1. The molecule has 0 aliphatic carbocycles. The second-order valence-electron chi connectivity index (χ2n) is 7.45.